The van der Waals surface area contributed by atoms with Gasteiger partial charge in [-0.25, -0.2) is 4.79 Å². The zero-order valence-corrected chi connectivity index (χ0v) is 14.1. The number of hydrogen-bond donors (Lipinski definition) is 1. The third kappa shape index (κ3) is 4.59. The average molecular weight is 311 g/mol. The first kappa shape index (κ1) is 17.1. The molecule has 1 heterocycles. The average Bonchev–Trinajstić information content (AvgIpc) is 2.52. The summed E-state index contributed by atoms with van der Waals surface area (Å²) in [7, 11) is 0. The Labute approximate surface area is 138 Å². The Kier molecular flexibility index (Phi) is 5.80. The normalized spacial score (nSPS) is 15.7. The molecule has 3 heteroatoms. The summed E-state index contributed by atoms with van der Waals surface area (Å²) in [6.07, 6.45) is 10.6. The third-order valence-corrected chi connectivity index (χ3v) is 4.12. The molecule has 0 unspecified atom stereocenters. The Hall–Kier alpha value is -2.29. The summed E-state index contributed by atoms with van der Waals surface area (Å²) in [5.41, 5.74) is 5.18. The number of aliphatic carboxylic acids is 1. The second-order valence-electron chi connectivity index (χ2n) is 6.17. The SMILES string of the molecule is CC(=CC=CC=CC(=O)O)c1ccc2c(c1)CCCN2C(C)C. The highest BCUT2D eigenvalue weighted by Gasteiger charge is 2.19. The molecular formula is C20H25NO2. The van der Waals surface area contributed by atoms with Crippen LogP contribution in [0.2, 0.25) is 0 Å². The van der Waals surface area contributed by atoms with E-state index in [1.165, 1.54) is 34.9 Å². The van der Waals surface area contributed by atoms with Crippen molar-refractivity contribution in [2.75, 3.05) is 11.4 Å². The van der Waals surface area contributed by atoms with Gasteiger partial charge in [-0.1, -0.05) is 30.4 Å². The summed E-state index contributed by atoms with van der Waals surface area (Å²) >= 11 is 0. The topological polar surface area (TPSA) is 40.5 Å². The number of carboxylic acid groups (broad SMARTS) is 1. The number of carboxylic acids is 1. The molecule has 0 saturated carbocycles. The largest absolute Gasteiger partial charge is 0.478 e. The second-order valence-corrected chi connectivity index (χ2v) is 6.17. The van der Waals surface area contributed by atoms with Gasteiger partial charge in [-0.3, -0.25) is 0 Å². The van der Waals surface area contributed by atoms with Crippen LogP contribution in [0.5, 0.6) is 0 Å². The number of nitrogens with zero attached hydrogens (tertiary/aromatic N) is 1. The van der Waals surface area contributed by atoms with E-state index in [1.54, 1.807) is 6.08 Å². The number of aryl methyl sites for hydroxylation is 1. The molecule has 3 nitrogen and oxygen atoms in total. The molecule has 122 valence electrons. The smallest absolute Gasteiger partial charge is 0.328 e. The fraction of sp³-hybridized carbons (Fsp3) is 0.350. The minimum absolute atomic E-state index is 0.528. The zero-order chi connectivity index (χ0) is 16.8. The first-order valence-electron chi connectivity index (χ1n) is 8.13. The van der Waals surface area contributed by atoms with Crippen LogP contribution in [0.25, 0.3) is 5.57 Å². The van der Waals surface area contributed by atoms with Crippen LogP contribution in [0.3, 0.4) is 0 Å². The molecule has 0 atom stereocenters. The number of carbonyl (C=O) groups is 1. The summed E-state index contributed by atoms with van der Waals surface area (Å²) in [6.45, 7) is 7.70. The van der Waals surface area contributed by atoms with Crippen molar-refractivity contribution >= 4 is 17.2 Å². The molecule has 1 N–H and O–H groups in total. The predicted octanol–water partition coefficient (Wildman–Crippen LogP) is 4.45. The van der Waals surface area contributed by atoms with Crippen molar-refractivity contribution in [1.82, 2.24) is 0 Å². The molecule has 0 spiro atoms. The van der Waals surface area contributed by atoms with E-state index in [4.69, 9.17) is 5.11 Å². The van der Waals surface area contributed by atoms with Crippen LogP contribution >= 0.6 is 0 Å². The summed E-state index contributed by atoms with van der Waals surface area (Å²) in [4.78, 5) is 12.9. The monoisotopic (exact) mass is 311 g/mol. The van der Waals surface area contributed by atoms with Crippen molar-refractivity contribution < 1.29 is 9.90 Å². The van der Waals surface area contributed by atoms with Gasteiger partial charge in [0.1, 0.15) is 0 Å². The number of hydrogen-bond acceptors (Lipinski definition) is 2. The fourth-order valence-electron chi connectivity index (χ4n) is 2.91. The van der Waals surface area contributed by atoms with Gasteiger partial charge in [0.25, 0.3) is 0 Å². The van der Waals surface area contributed by atoms with E-state index in [0.29, 0.717) is 6.04 Å². The zero-order valence-electron chi connectivity index (χ0n) is 14.1. The maximum Gasteiger partial charge on any atom is 0.328 e. The highest BCUT2D eigenvalue weighted by molar-refractivity contribution is 5.80. The van der Waals surface area contributed by atoms with E-state index in [1.807, 2.05) is 12.2 Å². The Morgan fingerprint density at radius 3 is 2.74 bits per heavy atom. The number of anilines is 1. The van der Waals surface area contributed by atoms with Crippen LogP contribution in [0.4, 0.5) is 5.69 Å². The van der Waals surface area contributed by atoms with Crippen LogP contribution in [-0.4, -0.2) is 23.7 Å². The molecule has 1 aliphatic rings. The fourth-order valence-corrected chi connectivity index (χ4v) is 2.91. The molecule has 0 fully saturated rings. The first-order chi connectivity index (χ1) is 11.0. The lowest BCUT2D eigenvalue weighted by Crippen LogP contribution is -2.35. The molecule has 23 heavy (non-hydrogen) atoms. The number of benzene rings is 1. The lowest BCUT2D eigenvalue weighted by molar-refractivity contribution is -0.131. The number of fused-ring (bicyclic) bond motifs is 1. The van der Waals surface area contributed by atoms with Gasteiger partial charge in [-0.15, -0.1) is 0 Å². The van der Waals surface area contributed by atoms with Crippen molar-refractivity contribution in [2.24, 2.45) is 0 Å². The van der Waals surface area contributed by atoms with Gasteiger partial charge in [0.2, 0.25) is 0 Å². The third-order valence-electron chi connectivity index (χ3n) is 4.12. The van der Waals surface area contributed by atoms with Gasteiger partial charge in [0.15, 0.2) is 0 Å². The van der Waals surface area contributed by atoms with E-state index in [-0.39, 0.29) is 0 Å². The summed E-state index contributed by atoms with van der Waals surface area (Å²) in [5.74, 6) is -0.931. The first-order valence-corrected chi connectivity index (χ1v) is 8.13. The van der Waals surface area contributed by atoms with Gasteiger partial charge >= 0.3 is 5.97 Å². The van der Waals surface area contributed by atoms with Crippen molar-refractivity contribution in [3.05, 3.63) is 59.7 Å². The van der Waals surface area contributed by atoms with Crippen molar-refractivity contribution in [3.63, 3.8) is 0 Å². The Bertz CT molecular complexity index is 654. The Balaban J connectivity index is 2.16. The van der Waals surface area contributed by atoms with E-state index in [0.717, 1.165) is 19.0 Å². The molecule has 0 bridgehead atoms. The van der Waals surface area contributed by atoms with E-state index in [2.05, 4.69) is 43.9 Å². The van der Waals surface area contributed by atoms with Crippen LogP contribution in [0.15, 0.2) is 48.6 Å². The summed E-state index contributed by atoms with van der Waals surface area (Å²) in [6, 6.07) is 7.22. The highest BCUT2D eigenvalue weighted by atomic mass is 16.4. The quantitative estimate of drug-likeness (QED) is 0.645. The molecule has 0 amide bonds. The molecule has 0 saturated heterocycles. The van der Waals surface area contributed by atoms with Crippen LogP contribution in [0, 0.1) is 0 Å². The maximum absolute atomic E-state index is 10.4. The highest BCUT2D eigenvalue weighted by Crippen LogP contribution is 2.31. The minimum atomic E-state index is -0.931. The second kappa shape index (κ2) is 7.82. The van der Waals surface area contributed by atoms with E-state index < -0.39 is 5.97 Å². The van der Waals surface area contributed by atoms with Crippen molar-refractivity contribution in [2.45, 2.75) is 39.7 Å². The Morgan fingerprint density at radius 1 is 1.26 bits per heavy atom. The number of allylic oxidation sites excluding steroid dienone is 5. The standard InChI is InChI=1S/C20H25NO2/c1-15(2)21-13-7-9-18-14-17(11-12-19(18)21)16(3)8-5-4-6-10-20(22)23/h4-6,8,10-12,14-15H,7,9,13H2,1-3H3,(H,22,23). The molecule has 1 aromatic carbocycles. The molecule has 2 rings (SSSR count). The molecule has 1 aliphatic heterocycles. The molecule has 0 radical (unpaired) electrons. The summed E-state index contributed by atoms with van der Waals surface area (Å²) < 4.78 is 0. The van der Waals surface area contributed by atoms with Gasteiger partial charge in [-0.05, 0) is 62.4 Å². The predicted molar refractivity (Wildman–Crippen MR) is 96.8 cm³/mol. The van der Waals surface area contributed by atoms with Gasteiger partial charge in [0.05, 0.1) is 0 Å². The van der Waals surface area contributed by atoms with Crippen LogP contribution in [0.1, 0.15) is 38.3 Å². The molecule has 0 aliphatic carbocycles. The number of rotatable bonds is 5. The lowest BCUT2D eigenvalue weighted by Gasteiger charge is -2.35. The molecule has 0 aromatic heterocycles. The Morgan fingerprint density at radius 2 is 2.04 bits per heavy atom. The maximum atomic E-state index is 10.4. The van der Waals surface area contributed by atoms with Gasteiger partial charge in [-0.2, -0.15) is 0 Å². The van der Waals surface area contributed by atoms with Crippen molar-refractivity contribution in [3.8, 4) is 0 Å². The van der Waals surface area contributed by atoms with E-state index >= 15 is 0 Å². The van der Waals surface area contributed by atoms with Crippen molar-refractivity contribution in [1.29, 1.82) is 0 Å². The lowest BCUT2D eigenvalue weighted by atomic mass is 9.95. The molecule has 1 aromatic rings. The van der Waals surface area contributed by atoms with Gasteiger partial charge in [0, 0.05) is 24.4 Å². The molecular weight excluding hydrogens is 286 g/mol. The van der Waals surface area contributed by atoms with E-state index in [9.17, 15) is 4.79 Å². The van der Waals surface area contributed by atoms with Gasteiger partial charge < -0.3 is 10.0 Å². The van der Waals surface area contributed by atoms with Crippen LogP contribution < -0.4 is 4.90 Å². The van der Waals surface area contributed by atoms with Crippen LogP contribution in [-0.2, 0) is 11.2 Å². The minimum Gasteiger partial charge on any atom is -0.478 e. The summed E-state index contributed by atoms with van der Waals surface area (Å²) in [5, 5.41) is 8.53.